The average molecular weight is 372 g/mol. The molecule has 3 aromatic carbocycles. The zero-order valence-corrected chi connectivity index (χ0v) is 15.6. The zero-order chi connectivity index (χ0) is 18.7. The van der Waals surface area contributed by atoms with Crippen LogP contribution in [0.1, 0.15) is 28.3 Å². The molecule has 0 N–H and O–H groups in total. The summed E-state index contributed by atoms with van der Waals surface area (Å²) in [6.45, 7) is 1.88. The van der Waals surface area contributed by atoms with E-state index in [1.807, 2.05) is 61.5 Å². The molecule has 1 heterocycles. The fourth-order valence-electron chi connectivity index (χ4n) is 3.54. The highest BCUT2D eigenvalue weighted by molar-refractivity contribution is 6.30. The van der Waals surface area contributed by atoms with Gasteiger partial charge < -0.3 is 0 Å². The quantitative estimate of drug-likeness (QED) is 0.462. The minimum atomic E-state index is -0.693. The van der Waals surface area contributed by atoms with Crippen LogP contribution < -0.4 is 0 Å². The van der Waals surface area contributed by atoms with Crippen molar-refractivity contribution in [3.8, 4) is 0 Å². The molecule has 0 atom stereocenters. The van der Waals surface area contributed by atoms with Gasteiger partial charge in [-0.15, -0.1) is 0 Å². The van der Waals surface area contributed by atoms with E-state index in [1.54, 1.807) is 6.33 Å². The largest absolute Gasteiger partial charge is 0.222 e. The van der Waals surface area contributed by atoms with Gasteiger partial charge in [0.25, 0.3) is 0 Å². The van der Waals surface area contributed by atoms with Gasteiger partial charge in [0.2, 0.25) is 0 Å². The fourth-order valence-corrected chi connectivity index (χ4v) is 3.73. The van der Waals surface area contributed by atoms with E-state index in [-0.39, 0.29) is 0 Å². The summed E-state index contributed by atoms with van der Waals surface area (Å²) in [5.74, 6) is 1.35. The molecule has 0 saturated carbocycles. The Kier molecular flexibility index (Phi) is 4.69. The Morgan fingerprint density at radius 1 is 0.704 bits per heavy atom. The first-order valence-electron chi connectivity index (χ1n) is 8.74. The second-order valence-electron chi connectivity index (χ2n) is 6.35. The summed E-state index contributed by atoms with van der Waals surface area (Å²) >= 11 is 6.39. The van der Waals surface area contributed by atoms with Crippen LogP contribution in [0.3, 0.4) is 0 Å². The maximum atomic E-state index is 6.39. The Balaban J connectivity index is 2.16. The van der Waals surface area contributed by atoms with E-state index < -0.39 is 5.41 Å². The molecule has 4 aromatic rings. The zero-order valence-electron chi connectivity index (χ0n) is 14.9. The van der Waals surface area contributed by atoms with Gasteiger partial charge in [-0.25, -0.2) is 15.0 Å². The van der Waals surface area contributed by atoms with Gasteiger partial charge in [-0.05, 0) is 35.7 Å². The molecule has 0 radical (unpaired) electrons. The maximum Gasteiger partial charge on any atom is 0.151 e. The lowest BCUT2D eigenvalue weighted by atomic mass is 9.68. The summed E-state index contributed by atoms with van der Waals surface area (Å²) in [5.41, 5.74) is 2.47. The summed E-state index contributed by atoms with van der Waals surface area (Å²) in [6.07, 6.45) is 1.57. The van der Waals surface area contributed by atoms with Crippen molar-refractivity contribution >= 4 is 11.6 Å². The lowest BCUT2D eigenvalue weighted by molar-refractivity contribution is 0.664. The van der Waals surface area contributed by atoms with Gasteiger partial charge in [0.1, 0.15) is 17.6 Å². The predicted molar refractivity (Wildman–Crippen MR) is 108 cm³/mol. The second-order valence-corrected chi connectivity index (χ2v) is 6.79. The Morgan fingerprint density at radius 3 is 1.85 bits per heavy atom. The number of halogens is 1. The molecule has 0 unspecified atom stereocenters. The number of hydrogen-bond acceptors (Lipinski definition) is 3. The molecule has 0 spiro atoms. The lowest BCUT2D eigenvalue weighted by Gasteiger charge is -2.34. The number of rotatable bonds is 4. The molecule has 0 saturated heterocycles. The molecule has 0 aliphatic carbocycles. The Hall–Kier alpha value is -3.04. The van der Waals surface area contributed by atoms with Crippen molar-refractivity contribution in [3.63, 3.8) is 0 Å². The summed E-state index contributed by atoms with van der Waals surface area (Å²) < 4.78 is 0. The third-order valence-electron chi connectivity index (χ3n) is 4.70. The van der Waals surface area contributed by atoms with Crippen LogP contribution in [-0.4, -0.2) is 15.0 Å². The van der Waals surface area contributed by atoms with Gasteiger partial charge >= 0.3 is 0 Å². The molecule has 1 aromatic heterocycles. The summed E-state index contributed by atoms with van der Waals surface area (Å²) in [5, 5.41) is 0.675. The van der Waals surface area contributed by atoms with Gasteiger partial charge in [-0.2, -0.15) is 0 Å². The highest BCUT2D eigenvalue weighted by Crippen LogP contribution is 2.43. The van der Waals surface area contributed by atoms with Crippen LogP contribution in [0.15, 0.2) is 91.3 Å². The molecule has 132 valence electrons. The molecule has 0 aliphatic heterocycles. The first-order valence-corrected chi connectivity index (χ1v) is 9.12. The molecule has 0 bridgehead atoms. The Bertz CT molecular complexity index is 962. The lowest BCUT2D eigenvalue weighted by Crippen LogP contribution is -2.33. The predicted octanol–water partition coefficient (Wildman–Crippen LogP) is 5.22. The highest BCUT2D eigenvalue weighted by atomic mass is 35.5. The SMILES string of the molecule is Cc1ncnc(C(c2ccccc2)(c2ccccc2)c2cccc(Cl)c2)n1. The fraction of sp³-hybridized carbons (Fsp3) is 0.0870. The van der Waals surface area contributed by atoms with Crippen LogP contribution in [0.4, 0.5) is 0 Å². The van der Waals surface area contributed by atoms with Gasteiger partial charge in [-0.1, -0.05) is 84.4 Å². The summed E-state index contributed by atoms with van der Waals surface area (Å²) in [7, 11) is 0. The van der Waals surface area contributed by atoms with E-state index in [0.29, 0.717) is 16.7 Å². The molecule has 3 nitrogen and oxygen atoms in total. The van der Waals surface area contributed by atoms with E-state index in [9.17, 15) is 0 Å². The van der Waals surface area contributed by atoms with Gasteiger partial charge in [0.15, 0.2) is 5.82 Å². The number of hydrogen-bond donors (Lipinski definition) is 0. The number of nitrogens with zero attached hydrogens (tertiary/aromatic N) is 3. The molecule has 0 aliphatic rings. The average Bonchev–Trinajstić information content (AvgIpc) is 2.71. The van der Waals surface area contributed by atoms with Crippen LogP contribution in [-0.2, 0) is 5.41 Å². The highest BCUT2D eigenvalue weighted by Gasteiger charge is 2.41. The van der Waals surface area contributed by atoms with Crippen LogP contribution in [0, 0.1) is 6.92 Å². The minimum Gasteiger partial charge on any atom is -0.222 e. The van der Waals surface area contributed by atoms with Gasteiger partial charge in [0, 0.05) is 5.02 Å². The summed E-state index contributed by atoms with van der Waals surface area (Å²) in [6, 6.07) is 28.5. The second kappa shape index (κ2) is 7.29. The van der Waals surface area contributed by atoms with Crippen LogP contribution in [0.2, 0.25) is 5.02 Å². The number of benzene rings is 3. The molecule has 4 rings (SSSR count). The number of aromatic nitrogens is 3. The minimum absolute atomic E-state index is 0.675. The molecule has 0 amide bonds. The maximum absolute atomic E-state index is 6.39. The first kappa shape index (κ1) is 17.4. The van der Waals surface area contributed by atoms with Gasteiger partial charge in [-0.3, -0.25) is 0 Å². The smallest absolute Gasteiger partial charge is 0.151 e. The standard InChI is InChI=1S/C23H18ClN3/c1-17-25-16-26-22(27-17)23(18-9-4-2-5-10-18,19-11-6-3-7-12-19)20-13-8-14-21(24)15-20/h2-16H,1H3. The van der Waals surface area contributed by atoms with Crippen molar-refractivity contribution in [3.05, 3.63) is 125 Å². The first-order chi connectivity index (χ1) is 13.2. The van der Waals surface area contributed by atoms with Crippen LogP contribution in [0.25, 0.3) is 0 Å². The van der Waals surface area contributed by atoms with Crippen LogP contribution in [0.5, 0.6) is 0 Å². The van der Waals surface area contributed by atoms with E-state index in [1.165, 1.54) is 0 Å². The van der Waals surface area contributed by atoms with E-state index in [2.05, 4.69) is 40.3 Å². The molecule has 0 fully saturated rings. The van der Waals surface area contributed by atoms with Crippen molar-refractivity contribution in [2.75, 3.05) is 0 Å². The summed E-state index contributed by atoms with van der Waals surface area (Å²) in [4.78, 5) is 13.5. The van der Waals surface area contributed by atoms with E-state index in [0.717, 1.165) is 16.7 Å². The molecular weight excluding hydrogens is 354 g/mol. The van der Waals surface area contributed by atoms with Crippen LogP contribution >= 0.6 is 11.6 Å². The number of aryl methyl sites for hydroxylation is 1. The van der Waals surface area contributed by atoms with E-state index in [4.69, 9.17) is 16.6 Å². The monoisotopic (exact) mass is 371 g/mol. The van der Waals surface area contributed by atoms with Gasteiger partial charge in [0.05, 0.1) is 0 Å². The molecule has 27 heavy (non-hydrogen) atoms. The van der Waals surface area contributed by atoms with E-state index >= 15 is 0 Å². The topological polar surface area (TPSA) is 38.7 Å². The normalized spacial score (nSPS) is 11.3. The van der Waals surface area contributed by atoms with Crippen molar-refractivity contribution in [2.45, 2.75) is 12.3 Å². The Labute approximate surface area is 163 Å². The van der Waals surface area contributed by atoms with Crippen molar-refractivity contribution < 1.29 is 0 Å². The van der Waals surface area contributed by atoms with Crippen molar-refractivity contribution in [1.82, 2.24) is 15.0 Å². The molecule has 4 heteroatoms. The van der Waals surface area contributed by atoms with Crippen molar-refractivity contribution in [2.24, 2.45) is 0 Å². The third-order valence-corrected chi connectivity index (χ3v) is 4.93. The Morgan fingerprint density at radius 2 is 1.30 bits per heavy atom. The molecular formula is C23H18ClN3. The third kappa shape index (κ3) is 3.11. The van der Waals surface area contributed by atoms with Crippen molar-refractivity contribution in [1.29, 1.82) is 0 Å².